The number of nitrogens with one attached hydrogen (secondary N) is 1. The van der Waals surface area contributed by atoms with Crippen molar-refractivity contribution < 1.29 is 13.3 Å². The van der Waals surface area contributed by atoms with Crippen molar-refractivity contribution in [1.29, 1.82) is 0 Å². The maximum absolute atomic E-state index is 12.6. The Labute approximate surface area is 169 Å². The molecule has 9 nitrogen and oxygen atoms in total. The molecule has 1 N–H and O–H groups in total. The Morgan fingerprint density at radius 3 is 2.68 bits per heavy atom. The minimum Gasteiger partial charge on any atom is -0.297 e. The van der Waals surface area contributed by atoms with Crippen LogP contribution >= 0.6 is 15.9 Å². The van der Waals surface area contributed by atoms with Crippen LogP contribution in [0.1, 0.15) is 23.9 Å². The van der Waals surface area contributed by atoms with E-state index in [1.165, 1.54) is 12.1 Å². The van der Waals surface area contributed by atoms with Crippen LogP contribution in [0.2, 0.25) is 0 Å². The lowest BCUT2D eigenvalue weighted by atomic mass is 10.2. The number of nitro benzene ring substituents is 1. The minimum atomic E-state index is -4.09. The smallest absolute Gasteiger partial charge is 0.277 e. The zero-order valence-electron chi connectivity index (χ0n) is 15.2. The van der Waals surface area contributed by atoms with E-state index in [-0.39, 0.29) is 10.6 Å². The maximum atomic E-state index is 12.6. The summed E-state index contributed by atoms with van der Waals surface area (Å²) in [6.45, 7) is 5.01. The highest BCUT2D eigenvalue weighted by Crippen LogP contribution is 2.22. The molecule has 0 bridgehead atoms. The fourth-order valence-electron chi connectivity index (χ4n) is 2.79. The number of nitro groups is 1. The Bertz CT molecular complexity index is 1230. The second kappa shape index (κ2) is 7.32. The lowest BCUT2D eigenvalue weighted by Gasteiger charge is -2.08. The number of aryl methyl sites for hydroxylation is 2. The van der Waals surface area contributed by atoms with Gasteiger partial charge in [0.2, 0.25) is 0 Å². The van der Waals surface area contributed by atoms with E-state index < -0.39 is 14.9 Å². The predicted molar refractivity (Wildman–Crippen MR) is 108 cm³/mol. The molecule has 146 valence electrons. The third-order valence-corrected chi connectivity index (χ3v) is 5.92. The maximum Gasteiger partial charge on any atom is 0.277 e. The molecule has 0 saturated heterocycles. The van der Waals surface area contributed by atoms with E-state index in [1.54, 1.807) is 25.2 Å². The number of nitrogens with zero attached hydrogens (tertiary/aromatic N) is 4. The van der Waals surface area contributed by atoms with E-state index >= 15 is 0 Å². The van der Waals surface area contributed by atoms with Gasteiger partial charge in [-0.2, -0.15) is 18.4 Å². The number of sulfonamides is 1. The summed E-state index contributed by atoms with van der Waals surface area (Å²) in [6, 6.07) is 7.33. The van der Waals surface area contributed by atoms with Gasteiger partial charge in [-0.05, 0) is 54.4 Å². The molecule has 1 aromatic carbocycles. The number of fused-ring (bicyclic) bond motifs is 1. The van der Waals surface area contributed by atoms with Crippen molar-refractivity contribution in [2.75, 3.05) is 0 Å². The number of imidazole rings is 1. The van der Waals surface area contributed by atoms with Gasteiger partial charge < -0.3 is 0 Å². The molecule has 0 radical (unpaired) electrons. The van der Waals surface area contributed by atoms with Gasteiger partial charge in [-0.25, -0.2) is 4.98 Å². The molecular weight excluding hydrogens is 450 g/mol. The number of benzene rings is 1. The third-order valence-electron chi connectivity index (χ3n) is 4.11. The fourth-order valence-corrected chi connectivity index (χ4v) is 4.26. The molecule has 3 rings (SSSR count). The van der Waals surface area contributed by atoms with Crippen LogP contribution in [0.3, 0.4) is 0 Å². The largest absolute Gasteiger partial charge is 0.297 e. The van der Waals surface area contributed by atoms with Gasteiger partial charge >= 0.3 is 0 Å². The van der Waals surface area contributed by atoms with Crippen LogP contribution in [0, 0.1) is 24.0 Å². The summed E-state index contributed by atoms with van der Waals surface area (Å²) in [4.78, 5) is 16.7. The number of pyridine rings is 1. The summed E-state index contributed by atoms with van der Waals surface area (Å²) in [5.41, 5.74) is 2.49. The van der Waals surface area contributed by atoms with Crippen LogP contribution in [-0.2, 0) is 10.0 Å². The van der Waals surface area contributed by atoms with Gasteiger partial charge in [-0.15, -0.1) is 0 Å². The van der Waals surface area contributed by atoms with Gasteiger partial charge in [-0.1, -0.05) is 6.07 Å². The zero-order chi connectivity index (χ0) is 20.6. The minimum absolute atomic E-state index is 0.198. The summed E-state index contributed by atoms with van der Waals surface area (Å²) in [6.07, 6.45) is 1.81. The van der Waals surface area contributed by atoms with Crippen molar-refractivity contribution in [3.05, 3.63) is 68.1 Å². The molecule has 0 amide bonds. The molecule has 11 heteroatoms. The van der Waals surface area contributed by atoms with Crippen molar-refractivity contribution >= 4 is 43.0 Å². The van der Waals surface area contributed by atoms with Crippen LogP contribution in [0.5, 0.6) is 0 Å². The highest BCUT2D eigenvalue weighted by Gasteiger charge is 2.21. The molecule has 2 aromatic heterocycles. The standard InChI is InChI=1S/C17H16BrN5O4S/c1-10-4-6-14(23(24)25)8-15(10)28(26,27)21-20-12(3)17-11(2)19-16-7-5-13(18)9-22(16)17/h4-9,21H,1-3H3/b20-12+. The summed E-state index contributed by atoms with van der Waals surface area (Å²) >= 11 is 3.40. The number of hydrazone groups is 1. The van der Waals surface area contributed by atoms with Gasteiger partial charge in [-0.3, -0.25) is 14.5 Å². The molecular formula is C17H16BrN5O4S. The number of hydrogen-bond acceptors (Lipinski definition) is 6. The molecule has 0 saturated carbocycles. The first-order valence-corrected chi connectivity index (χ1v) is 10.3. The molecule has 0 spiro atoms. The second-order valence-electron chi connectivity index (χ2n) is 6.12. The fraction of sp³-hybridized carbons (Fsp3) is 0.176. The number of rotatable bonds is 5. The topological polar surface area (TPSA) is 119 Å². The van der Waals surface area contributed by atoms with Crippen molar-refractivity contribution in [1.82, 2.24) is 14.2 Å². The predicted octanol–water partition coefficient (Wildman–Crippen LogP) is 3.32. The molecule has 0 atom stereocenters. The van der Waals surface area contributed by atoms with Crippen LogP contribution in [0.4, 0.5) is 5.69 Å². The van der Waals surface area contributed by atoms with E-state index in [4.69, 9.17) is 0 Å². The lowest BCUT2D eigenvalue weighted by Crippen LogP contribution is -2.21. The van der Waals surface area contributed by atoms with Gasteiger partial charge in [0, 0.05) is 22.8 Å². The van der Waals surface area contributed by atoms with Crippen LogP contribution < -0.4 is 4.83 Å². The normalized spacial score (nSPS) is 12.4. The Morgan fingerprint density at radius 1 is 1.29 bits per heavy atom. The Kier molecular flexibility index (Phi) is 5.22. The highest BCUT2D eigenvalue weighted by atomic mass is 79.9. The lowest BCUT2D eigenvalue weighted by molar-refractivity contribution is -0.385. The van der Waals surface area contributed by atoms with E-state index in [2.05, 4.69) is 30.8 Å². The van der Waals surface area contributed by atoms with Gasteiger partial charge in [0.25, 0.3) is 15.7 Å². The average Bonchev–Trinajstić information content (AvgIpc) is 2.94. The monoisotopic (exact) mass is 465 g/mol. The highest BCUT2D eigenvalue weighted by molar-refractivity contribution is 9.10. The first kappa shape index (κ1) is 20.0. The quantitative estimate of drug-likeness (QED) is 0.352. The van der Waals surface area contributed by atoms with Crippen LogP contribution in [-0.4, -0.2) is 28.4 Å². The van der Waals surface area contributed by atoms with Crippen molar-refractivity contribution in [3.8, 4) is 0 Å². The van der Waals surface area contributed by atoms with Crippen molar-refractivity contribution in [3.63, 3.8) is 0 Å². The van der Waals surface area contributed by atoms with Crippen molar-refractivity contribution in [2.24, 2.45) is 5.10 Å². The molecule has 3 aromatic rings. The van der Waals surface area contributed by atoms with E-state index in [0.29, 0.717) is 28.3 Å². The summed E-state index contributed by atoms with van der Waals surface area (Å²) in [7, 11) is -4.09. The molecule has 28 heavy (non-hydrogen) atoms. The number of non-ortho nitro benzene ring substituents is 1. The molecule has 2 heterocycles. The second-order valence-corrected chi connectivity index (χ2v) is 8.67. The molecule has 0 aliphatic carbocycles. The third kappa shape index (κ3) is 3.76. The molecule has 0 fully saturated rings. The van der Waals surface area contributed by atoms with E-state index in [1.807, 2.05) is 18.3 Å². The van der Waals surface area contributed by atoms with Crippen LogP contribution in [0.25, 0.3) is 5.65 Å². The summed E-state index contributed by atoms with van der Waals surface area (Å²) < 4.78 is 27.9. The van der Waals surface area contributed by atoms with E-state index in [0.717, 1.165) is 10.5 Å². The molecule has 0 aliphatic rings. The number of aromatic nitrogens is 2. The average molecular weight is 466 g/mol. The first-order chi connectivity index (χ1) is 13.1. The van der Waals surface area contributed by atoms with E-state index in [9.17, 15) is 18.5 Å². The summed E-state index contributed by atoms with van der Waals surface area (Å²) in [5.74, 6) is 0. The van der Waals surface area contributed by atoms with Gasteiger partial charge in [0.1, 0.15) is 5.65 Å². The molecule has 0 unspecified atom stereocenters. The Balaban J connectivity index is 2.00. The van der Waals surface area contributed by atoms with Gasteiger partial charge in [0.05, 0.1) is 26.9 Å². The van der Waals surface area contributed by atoms with Gasteiger partial charge in [0.15, 0.2) is 0 Å². The summed E-state index contributed by atoms with van der Waals surface area (Å²) in [5, 5.41) is 15.0. The number of halogens is 1. The Hall–Kier alpha value is -2.79. The Morgan fingerprint density at radius 2 is 2.00 bits per heavy atom. The first-order valence-electron chi connectivity index (χ1n) is 8.06. The number of hydrogen-bond donors (Lipinski definition) is 1. The SMILES string of the molecule is C/C(=N\NS(=O)(=O)c1cc([N+](=O)[O-])ccc1C)c1c(C)nc2ccc(Br)cn12. The molecule has 0 aliphatic heterocycles. The zero-order valence-corrected chi connectivity index (χ0v) is 17.6. The van der Waals surface area contributed by atoms with Crippen molar-refractivity contribution in [2.45, 2.75) is 25.7 Å². The van der Waals surface area contributed by atoms with Crippen LogP contribution in [0.15, 0.2) is 51.0 Å².